The van der Waals surface area contributed by atoms with E-state index in [2.05, 4.69) is 42.5 Å². The Kier molecular flexibility index (Phi) is 17.1. The van der Waals surface area contributed by atoms with E-state index in [4.69, 9.17) is 5.11 Å². The number of unbranched alkanes of at least 4 members (excludes halogenated alkanes) is 4. The lowest BCUT2D eigenvalue weighted by Gasteiger charge is -1.92. The molecule has 0 saturated heterocycles. The standard InChI is InChI=1S/C20H31FO2/c21-19-17-15-13-11-9-7-5-3-1-2-4-6-8-10-12-14-16-18-20(22)23/h1,3-4,6-7,9-10,12H,2,5,8,11,13-19H2,(H,22,23)/b3-1+,6-4+,9-7+,12-10+/i21-1. The van der Waals surface area contributed by atoms with Crippen molar-refractivity contribution in [2.45, 2.75) is 64.2 Å². The van der Waals surface area contributed by atoms with Crippen molar-refractivity contribution >= 4 is 5.97 Å². The molecule has 2 nitrogen and oxygen atoms in total. The summed E-state index contributed by atoms with van der Waals surface area (Å²) < 4.78 is 11.9. The molecule has 0 unspecified atom stereocenters. The molecular weight excluding hydrogens is 290 g/mol. The molecule has 1 N–H and O–H groups in total. The lowest BCUT2D eigenvalue weighted by molar-refractivity contribution is -0.137. The first-order valence-corrected chi connectivity index (χ1v) is 8.65. The van der Waals surface area contributed by atoms with Crippen LogP contribution in [0.3, 0.4) is 0 Å². The summed E-state index contributed by atoms with van der Waals surface area (Å²) in [7, 11) is 0. The Balaban J connectivity index is 3.39. The second-order valence-corrected chi connectivity index (χ2v) is 5.42. The Labute approximate surface area is 140 Å². The van der Waals surface area contributed by atoms with Crippen molar-refractivity contribution in [3.05, 3.63) is 48.6 Å². The predicted molar refractivity (Wildman–Crippen MR) is 96.3 cm³/mol. The number of hydrogen-bond donors (Lipinski definition) is 1. The maximum Gasteiger partial charge on any atom is 0.303 e. The summed E-state index contributed by atoms with van der Waals surface area (Å²) in [6.07, 6.45) is 25.4. The molecule has 0 atom stereocenters. The van der Waals surface area contributed by atoms with E-state index < -0.39 is 5.97 Å². The van der Waals surface area contributed by atoms with Gasteiger partial charge in [0.05, 0.1) is 6.67 Å². The van der Waals surface area contributed by atoms with Gasteiger partial charge in [0, 0.05) is 6.42 Å². The van der Waals surface area contributed by atoms with Crippen LogP contribution in [0.4, 0.5) is 4.39 Å². The van der Waals surface area contributed by atoms with Gasteiger partial charge in [-0.15, -0.1) is 0 Å². The third kappa shape index (κ3) is 20.4. The van der Waals surface area contributed by atoms with E-state index in [9.17, 15) is 9.18 Å². The zero-order valence-corrected chi connectivity index (χ0v) is 14.1. The van der Waals surface area contributed by atoms with Crippen LogP contribution in [0.15, 0.2) is 48.6 Å². The number of aliphatic carboxylic acids is 1. The molecule has 0 fully saturated rings. The normalized spacial score (nSPS) is 12.4. The zero-order valence-electron chi connectivity index (χ0n) is 14.1. The molecule has 23 heavy (non-hydrogen) atoms. The Hall–Kier alpha value is -1.64. The lowest BCUT2D eigenvalue weighted by Crippen LogP contribution is -1.92. The van der Waals surface area contributed by atoms with Gasteiger partial charge >= 0.3 is 5.97 Å². The third-order valence-corrected chi connectivity index (χ3v) is 3.25. The minimum Gasteiger partial charge on any atom is -0.481 e. The maximum absolute atomic E-state index is 11.9. The Morgan fingerprint density at radius 2 is 1.17 bits per heavy atom. The highest BCUT2D eigenvalue weighted by molar-refractivity contribution is 5.66. The molecule has 0 aliphatic heterocycles. The highest BCUT2D eigenvalue weighted by atomic mass is 18.2. The largest absolute Gasteiger partial charge is 0.481 e. The molecule has 130 valence electrons. The molecule has 0 spiro atoms. The monoisotopic (exact) mass is 321 g/mol. The second-order valence-electron chi connectivity index (χ2n) is 5.42. The molecule has 0 aromatic rings. The number of halogens is 1. The van der Waals surface area contributed by atoms with E-state index in [0.717, 1.165) is 44.9 Å². The Morgan fingerprint density at radius 3 is 1.65 bits per heavy atom. The van der Waals surface area contributed by atoms with E-state index in [0.29, 0.717) is 12.8 Å². The first-order chi connectivity index (χ1) is 11.3. The predicted octanol–water partition coefficient (Wildman–Crippen LogP) is 6.17. The molecule has 0 radical (unpaired) electrons. The average molecular weight is 321 g/mol. The van der Waals surface area contributed by atoms with Crippen LogP contribution in [0.5, 0.6) is 0 Å². The second kappa shape index (κ2) is 18.4. The molecule has 0 bridgehead atoms. The first-order valence-electron chi connectivity index (χ1n) is 8.65. The van der Waals surface area contributed by atoms with Crippen molar-refractivity contribution in [1.82, 2.24) is 0 Å². The molecular formula is C20H31FO2. The summed E-state index contributed by atoms with van der Waals surface area (Å²) in [5, 5.41) is 8.49. The molecule has 0 rings (SSSR count). The van der Waals surface area contributed by atoms with Crippen molar-refractivity contribution in [3.63, 3.8) is 0 Å². The molecule has 0 aliphatic rings. The molecule has 3 heteroatoms. The van der Waals surface area contributed by atoms with Crippen LogP contribution in [-0.4, -0.2) is 17.8 Å². The molecule has 0 saturated carbocycles. The van der Waals surface area contributed by atoms with Gasteiger partial charge in [-0.05, 0) is 51.4 Å². The smallest absolute Gasteiger partial charge is 0.303 e. The topological polar surface area (TPSA) is 37.3 Å². The third-order valence-electron chi connectivity index (χ3n) is 3.25. The number of carboxylic acids is 1. The van der Waals surface area contributed by atoms with Gasteiger partial charge in [-0.25, -0.2) is 0 Å². The molecule has 0 aromatic heterocycles. The Morgan fingerprint density at radius 1 is 0.696 bits per heavy atom. The van der Waals surface area contributed by atoms with Crippen LogP contribution in [-0.2, 0) is 4.79 Å². The van der Waals surface area contributed by atoms with Crippen molar-refractivity contribution < 1.29 is 14.3 Å². The fourth-order valence-electron chi connectivity index (χ4n) is 1.95. The summed E-state index contributed by atoms with van der Waals surface area (Å²) in [6, 6.07) is 0. The SMILES string of the molecule is O=C(O)CCC/C=C/C/C=C/C/C=C/C/C=C/CCCCC[18F]. The van der Waals surface area contributed by atoms with E-state index in [1.165, 1.54) is 0 Å². The summed E-state index contributed by atoms with van der Waals surface area (Å²) in [5.74, 6) is -0.725. The zero-order chi connectivity index (χ0) is 17.0. The minimum atomic E-state index is -0.725. The van der Waals surface area contributed by atoms with Gasteiger partial charge in [-0.3, -0.25) is 9.18 Å². The highest BCUT2D eigenvalue weighted by Gasteiger charge is 1.92. The van der Waals surface area contributed by atoms with Crippen molar-refractivity contribution in [3.8, 4) is 0 Å². The van der Waals surface area contributed by atoms with Crippen LogP contribution in [0.2, 0.25) is 0 Å². The van der Waals surface area contributed by atoms with Crippen molar-refractivity contribution in [2.24, 2.45) is 0 Å². The lowest BCUT2D eigenvalue weighted by atomic mass is 10.2. The summed E-state index contributed by atoms with van der Waals surface area (Å²) in [4.78, 5) is 10.3. The number of allylic oxidation sites excluding steroid dienone is 8. The number of hydrogen-bond acceptors (Lipinski definition) is 1. The van der Waals surface area contributed by atoms with E-state index >= 15 is 0 Å². The van der Waals surface area contributed by atoms with Crippen LogP contribution in [0, 0.1) is 0 Å². The number of rotatable bonds is 15. The minimum absolute atomic E-state index is 0.194. The fraction of sp³-hybridized carbons (Fsp3) is 0.550. The van der Waals surface area contributed by atoms with Gasteiger partial charge in [0.2, 0.25) is 0 Å². The molecule has 0 heterocycles. The molecule has 0 aromatic carbocycles. The van der Waals surface area contributed by atoms with Gasteiger partial charge in [0.1, 0.15) is 0 Å². The summed E-state index contributed by atoms with van der Waals surface area (Å²) in [6.45, 7) is -0.194. The summed E-state index contributed by atoms with van der Waals surface area (Å²) in [5.41, 5.74) is 0. The van der Waals surface area contributed by atoms with Crippen LogP contribution in [0.25, 0.3) is 0 Å². The Bertz CT molecular complexity index is 381. The summed E-state index contributed by atoms with van der Waals surface area (Å²) >= 11 is 0. The van der Waals surface area contributed by atoms with E-state index in [1.54, 1.807) is 0 Å². The van der Waals surface area contributed by atoms with Crippen LogP contribution < -0.4 is 0 Å². The molecule has 0 aliphatic carbocycles. The molecule has 0 amide bonds. The van der Waals surface area contributed by atoms with Crippen molar-refractivity contribution in [1.29, 1.82) is 0 Å². The van der Waals surface area contributed by atoms with Gasteiger partial charge in [0.15, 0.2) is 0 Å². The van der Waals surface area contributed by atoms with E-state index in [1.807, 2.05) is 6.08 Å². The first kappa shape index (κ1) is 21.4. The van der Waals surface area contributed by atoms with Gasteiger partial charge in [0.25, 0.3) is 0 Å². The van der Waals surface area contributed by atoms with Crippen LogP contribution >= 0.6 is 0 Å². The van der Waals surface area contributed by atoms with E-state index in [-0.39, 0.29) is 13.1 Å². The van der Waals surface area contributed by atoms with Gasteiger partial charge < -0.3 is 5.11 Å². The quantitative estimate of drug-likeness (QED) is 0.289. The van der Waals surface area contributed by atoms with Gasteiger partial charge in [-0.2, -0.15) is 0 Å². The number of carboxylic acid groups (broad SMARTS) is 1. The highest BCUT2D eigenvalue weighted by Crippen LogP contribution is 2.02. The van der Waals surface area contributed by atoms with Crippen LogP contribution in [0.1, 0.15) is 64.2 Å². The average Bonchev–Trinajstić information content (AvgIpc) is 2.53. The fourth-order valence-corrected chi connectivity index (χ4v) is 1.95. The number of carbonyl (C=O) groups is 1. The van der Waals surface area contributed by atoms with Gasteiger partial charge in [-0.1, -0.05) is 55.0 Å². The number of alkyl halides is 1. The maximum atomic E-state index is 11.9. The van der Waals surface area contributed by atoms with Crippen molar-refractivity contribution in [2.75, 3.05) is 6.67 Å².